The molecule has 21 heavy (non-hydrogen) atoms. The molecule has 1 saturated heterocycles. The smallest absolute Gasteiger partial charge is 0.224 e. The zero-order valence-corrected chi connectivity index (χ0v) is 13.0. The van der Waals surface area contributed by atoms with Crippen LogP contribution in [0.25, 0.3) is 0 Å². The summed E-state index contributed by atoms with van der Waals surface area (Å²) in [7, 11) is 0. The van der Waals surface area contributed by atoms with Crippen molar-refractivity contribution < 1.29 is 9.53 Å². The Labute approximate surface area is 126 Å². The van der Waals surface area contributed by atoms with Gasteiger partial charge in [0.25, 0.3) is 0 Å². The Bertz CT molecular complexity index is 505. The summed E-state index contributed by atoms with van der Waals surface area (Å²) in [4.78, 5) is 18.8. The quantitative estimate of drug-likeness (QED) is 0.858. The second-order valence-electron chi connectivity index (χ2n) is 6.49. The molecule has 3 rings (SSSR count). The Hall–Kier alpha value is -1.36. The molecule has 1 atom stereocenters. The lowest BCUT2D eigenvalue weighted by Crippen LogP contribution is -2.52. The molecule has 116 valence electrons. The van der Waals surface area contributed by atoms with Crippen molar-refractivity contribution in [1.29, 1.82) is 0 Å². The fourth-order valence-electron chi connectivity index (χ4n) is 3.71. The highest BCUT2D eigenvalue weighted by Crippen LogP contribution is 2.36. The number of imidazole rings is 1. The average Bonchev–Trinajstić information content (AvgIpc) is 3.08. The molecule has 1 aromatic heterocycles. The van der Waals surface area contributed by atoms with E-state index < -0.39 is 0 Å². The molecule has 0 aromatic carbocycles. The van der Waals surface area contributed by atoms with E-state index >= 15 is 0 Å². The van der Waals surface area contributed by atoms with Gasteiger partial charge in [-0.05, 0) is 26.7 Å². The third-order valence-electron chi connectivity index (χ3n) is 4.92. The first-order chi connectivity index (χ1) is 10.1. The van der Waals surface area contributed by atoms with Crippen molar-refractivity contribution in [3.63, 3.8) is 0 Å². The van der Waals surface area contributed by atoms with Crippen LogP contribution in [0.1, 0.15) is 50.9 Å². The molecule has 1 spiro atoms. The van der Waals surface area contributed by atoms with Gasteiger partial charge >= 0.3 is 0 Å². The lowest BCUT2D eigenvalue weighted by atomic mass is 9.99. The number of hydrogen-bond acceptors (Lipinski definition) is 3. The summed E-state index contributed by atoms with van der Waals surface area (Å²) in [5, 5.41) is 0. The molecule has 1 saturated carbocycles. The Kier molecular flexibility index (Phi) is 4.02. The van der Waals surface area contributed by atoms with Crippen LogP contribution in [0.2, 0.25) is 0 Å². The van der Waals surface area contributed by atoms with E-state index in [1.807, 2.05) is 18.0 Å². The standard InChI is InChI=1S/C16H25N3O2/c1-13(19-8-7-17-14(19)2)11-15(20)18-9-10-21-16(12-18)5-3-4-6-16/h7-8,13H,3-6,9-12H2,1-2H3/t13-/m0/s1. The van der Waals surface area contributed by atoms with Crippen molar-refractivity contribution in [3.05, 3.63) is 18.2 Å². The molecule has 0 N–H and O–H groups in total. The lowest BCUT2D eigenvalue weighted by Gasteiger charge is -2.40. The first-order valence-corrected chi connectivity index (χ1v) is 8.01. The van der Waals surface area contributed by atoms with Crippen molar-refractivity contribution in [1.82, 2.24) is 14.5 Å². The van der Waals surface area contributed by atoms with Gasteiger partial charge in [-0.3, -0.25) is 4.79 Å². The largest absolute Gasteiger partial charge is 0.371 e. The number of aromatic nitrogens is 2. The zero-order chi connectivity index (χ0) is 14.9. The van der Waals surface area contributed by atoms with Gasteiger partial charge in [0.2, 0.25) is 5.91 Å². The number of amides is 1. The Morgan fingerprint density at radius 3 is 2.90 bits per heavy atom. The van der Waals surface area contributed by atoms with E-state index in [9.17, 15) is 4.79 Å². The highest BCUT2D eigenvalue weighted by Gasteiger charge is 2.40. The summed E-state index contributed by atoms with van der Waals surface area (Å²) < 4.78 is 8.07. The number of hydrogen-bond donors (Lipinski definition) is 0. The number of morpholine rings is 1. The van der Waals surface area contributed by atoms with Gasteiger partial charge in [0, 0.05) is 37.9 Å². The maximum Gasteiger partial charge on any atom is 0.224 e. The number of carbonyl (C=O) groups excluding carboxylic acids is 1. The highest BCUT2D eigenvalue weighted by atomic mass is 16.5. The maximum absolute atomic E-state index is 12.6. The van der Waals surface area contributed by atoms with Gasteiger partial charge < -0.3 is 14.2 Å². The number of ether oxygens (including phenoxy) is 1. The van der Waals surface area contributed by atoms with Gasteiger partial charge in [0.15, 0.2) is 0 Å². The second kappa shape index (κ2) is 5.79. The van der Waals surface area contributed by atoms with Crippen LogP contribution in [0, 0.1) is 6.92 Å². The molecule has 1 aliphatic heterocycles. The summed E-state index contributed by atoms with van der Waals surface area (Å²) in [6.07, 6.45) is 8.94. The van der Waals surface area contributed by atoms with E-state index in [-0.39, 0.29) is 17.6 Å². The van der Waals surface area contributed by atoms with Crippen LogP contribution in [-0.2, 0) is 9.53 Å². The third-order valence-corrected chi connectivity index (χ3v) is 4.92. The Morgan fingerprint density at radius 1 is 1.48 bits per heavy atom. The normalized spacial score (nSPS) is 22.7. The predicted octanol–water partition coefficient (Wildman–Crippen LogP) is 2.31. The molecule has 2 fully saturated rings. The molecule has 0 unspecified atom stereocenters. The van der Waals surface area contributed by atoms with Gasteiger partial charge in [0.1, 0.15) is 5.82 Å². The monoisotopic (exact) mass is 291 g/mol. The molecule has 2 heterocycles. The van der Waals surface area contributed by atoms with Crippen molar-refractivity contribution in [3.8, 4) is 0 Å². The summed E-state index contributed by atoms with van der Waals surface area (Å²) in [5.74, 6) is 1.20. The van der Waals surface area contributed by atoms with Crippen molar-refractivity contribution in [2.75, 3.05) is 19.7 Å². The van der Waals surface area contributed by atoms with E-state index in [2.05, 4.69) is 16.5 Å². The van der Waals surface area contributed by atoms with E-state index in [0.29, 0.717) is 13.0 Å². The predicted molar refractivity (Wildman–Crippen MR) is 80.0 cm³/mol. The Balaban J connectivity index is 1.61. The fraction of sp³-hybridized carbons (Fsp3) is 0.750. The van der Waals surface area contributed by atoms with E-state index in [0.717, 1.165) is 31.8 Å². The molecule has 5 heteroatoms. The maximum atomic E-state index is 12.6. The van der Waals surface area contributed by atoms with Crippen LogP contribution in [0.15, 0.2) is 12.4 Å². The minimum absolute atomic E-state index is 0.0396. The van der Waals surface area contributed by atoms with Crippen molar-refractivity contribution in [2.24, 2.45) is 0 Å². The van der Waals surface area contributed by atoms with Crippen LogP contribution >= 0.6 is 0 Å². The summed E-state index contributed by atoms with van der Waals surface area (Å²) in [6.45, 7) is 6.25. The molecular weight excluding hydrogens is 266 g/mol. The first kappa shape index (κ1) is 14.6. The van der Waals surface area contributed by atoms with Crippen LogP contribution < -0.4 is 0 Å². The van der Waals surface area contributed by atoms with Gasteiger partial charge in [-0.25, -0.2) is 4.98 Å². The van der Waals surface area contributed by atoms with Gasteiger partial charge in [-0.2, -0.15) is 0 Å². The molecule has 1 amide bonds. The molecule has 0 bridgehead atoms. The number of aryl methyl sites for hydroxylation is 1. The van der Waals surface area contributed by atoms with E-state index in [1.165, 1.54) is 12.8 Å². The number of rotatable bonds is 3. The fourth-order valence-corrected chi connectivity index (χ4v) is 3.71. The van der Waals surface area contributed by atoms with E-state index in [1.54, 1.807) is 6.20 Å². The lowest BCUT2D eigenvalue weighted by molar-refractivity contribution is -0.150. The first-order valence-electron chi connectivity index (χ1n) is 8.01. The van der Waals surface area contributed by atoms with Gasteiger partial charge in [-0.1, -0.05) is 12.8 Å². The van der Waals surface area contributed by atoms with Crippen LogP contribution in [0.5, 0.6) is 0 Å². The SMILES string of the molecule is Cc1nccn1[C@@H](C)CC(=O)N1CCOC2(CCCC2)C1. The van der Waals surface area contributed by atoms with Crippen molar-refractivity contribution in [2.45, 2.75) is 57.6 Å². The number of nitrogens with zero attached hydrogens (tertiary/aromatic N) is 3. The molecule has 0 radical (unpaired) electrons. The van der Waals surface area contributed by atoms with Crippen LogP contribution in [-0.4, -0.2) is 45.7 Å². The average molecular weight is 291 g/mol. The molecule has 1 aromatic rings. The summed E-state index contributed by atoms with van der Waals surface area (Å²) >= 11 is 0. The minimum Gasteiger partial charge on any atom is -0.371 e. The number of carbonyl (C=O) groups is 1. The van der Waals surface area contributed by atoms with Crippen LogP contribution in [0.3, 0.4) is 0 Å². The van der Waals surface area contributed by atoms with Crippen LogP contribution in [0.4, 0.5) is 0 Å². The minimum atomic E-state index is -0.0396. The molecular formula is C16H25N3O2. The highest BCUT2D eigenvalue weighted by molar-refractivity contribution is 5.76. The summed E-state index contributed by atoms with van der Waals surface area (Å²) in [5.41, 5.74) is -0.0396. The zero-order valence-electron chi connectivity index (χ0n) is 13.0. The van der Waals surface area contributed by atoms with Gasteiger partial charge in [0.05, 0.1) is 12.2 Å². The van der Waals surface area contributed by atoms with Crippen molar-refractivity contribution >= 4 is 5.91 Å². The molecule has 2 aliphatic rings. The summed E-state index contributed by atoms with van der Waals surface area (Å²) in [6, 6.07) is 0.155. The second-order valence-corrected chi connectivity index (χ2v) is 6.49. The topological polar surface area (TPSA) is 47.4 Å². The molecule has 1 aliphatic carbocycles. The molecule has 5 nitrogen and oxygen atoms in total. The van der Waals surface area contributed by atoms with E-state index in [4.69, 9.17) is 4.74 Å². The Morgan fingerprint density at radius 2 is 2.24 bits per heavy atom. The van der Waals surface area contributed by atoms with Gasteiger partial charge in [-0.15, -0.1) is 0 Å². The third kappa shape index (κ3) is 2.98.